The van der Waals surface area contributed by atoms with Crippen molar-refractivity contribution in [2.45, 2.75) is 25.3 Å². The molecule has 1 aliphatic heterocycles. The van der Waals surface area contributed by atoms with Gasteiger partial charge in [-0.15, -0.1) is 0 Å². The lowest BCUT2D eigenvalue weighted by atomic mass is 10.1. The van der Waals surface area contributed by atoms with Crippen molar-refractivity contribution in [2.24, 2.45) is 0 Å². The van der Waals surface area contributed by atoms with Crippen LogP contribution in [0.1, 0.15) is 18.1 Å². The molecular weight excluding hydrogens is 295 g/mol. The summed E-state index contributed by atoms with van der Waals surface area (Å²) >= 11 is 0. The molecule has 1 heterocycles. The Morgan fingerprint density at radius 3 is 2.38 bits per heavy atom. The second kappa shape index (κ2) is 6.39. The van der Waals surface area contributed by atoms with Crippen molar-refractivity contribution in [3.8, 4) is 0 Å². The van der Waals surface area contributed by atoms with E-state index in [4.69, 9.17) is 5.11 Å². The quantitative estimate of drug-likeness (QED) is 0.898. The van der Waals surface area contributed by atoms with Crippen molar-refractivity contribution in [3.05, 3.63) is 29.1 Å². The van der Waals surface area contributed by atoms with Crippen LogP contribution in [0.4, 0.5) is 4.39 Å². The molecule has 1 aromatic rings. The minimum Gasteiger partial charge on any atom is -0.392 e. The van der Waals surface area contributed by atoms with Crippen LogP contribution in [0.5, 0.6) is 0 Å². The van der Waals surface area contributed by atoms with Crippen LogP contribution in [-0.2, 0) is 16.6 Å². The number of hydrogen-bond donors (Lipinski definition) is 1. The number of aliphatic hydroxyl groups excluding tert-OH is 1. The van der Waals surface area contributed by atoms with Crippen LogP contribution in [0.25, 0.3) is 0 Å². The van der Waals surface area contributed by atoms with Gasteiger partial charge in [-0.1, -0.05) is 6.92 Å². The van der Waals surface area contributed by atoms with Crippen LogP contribution < -0.4 is 0 Å². The van der Waals surface area contributed by atoms with Crippen LogP contribution in [0.15, 0.2) is 17.0 Å². The van der Waals surface area contributed by atoms with Crippen LogP contribution in [-0.4, -0.2) is 55.5 Å². The van der Waals surface area contributed by atoms with E-state index in [2.05, 4.69) is 4.90 Å². The Balaban J connectivity index is 2.30. The van der Waals surface area contributed by atoms with Gasteiger partial charge in [0, 0.05) is 31.7 Å². The molecule has 0 atom stereocenters. The Bertz CT molecular complexity index is 611. The smallest absolute Gasteiger partial charge is 0.243 e. The van der Waals surface area contributed by atoms with E-state index in [0.29, 0.717) is 26.2 Å². The first-order valence-electron chi connectivity index (χ1n) is 7.02. The van der Waals surface area contributed by atoms with Crippen molar-refractivity contribution in [3.63, 3.8) is 0 Å². The Kier molecular flexibility index (Phi) is 4.98. The molecule has 1 N–H and O–H groups in total. The molecule has 0 bridgehead atoms. The zero-order valence-corrected chi connectivity index (χ0v) is 13.2. The van der Waals surface area contributed by atoms with Gasteiger partial charge in [0.2, 0.25) is 10.0 Å². The number of halogens is 1. The molecule has 0 radical (unpaired) electrons. The van der Waals surface area contributed by atoms with E-state index in [9.17, 15) is 12.8 Å². The number of nitrogens with zero attached hydrogens (tertiary/aromatic N) is 2. The third kappa shape index (κ3) is 3.26. The molecular formula is C14H21FN2O3S. The number of benzene rings is 1. The summed E-state index contributed by atoms with van der Waals surface area (Å²) < 4.78 is 40.4. The fraction of sp³-hybridized carbons (Fsp3) is 0.571. The number of rotatable bonds is 4. The van der Waals surface area contributed by atoms with E-state index in [1.165, 1.54) is 23.4 Å². The van der Waals surface area contributed by atoms with Crippen LogP contribution in [0, 0.1) is 12.7 Å². The molecule has 1 saturated heterocycles. The maximum absolute atomic E-state index is 13.7. The van der Waals surface area contributed by atoms with E-state index in [0.717, 1.165) is 6.54 Å². The molecule has 1 aromatic carbocycles. The third-order valence-electron chi connectivity index (χ3n) is 3.89. The molecule has 0 saturated carbocycles. The van der Waals surface area contributed by atoms with Gasteiger partial charge in [0.05, 0.1) is 11.5 Å². The Labute approximate surface area is 125 Å². The number of aryl methyl sites for hydroxylation is 1. The first-order valence-corrected chi connectivity index (χ1v) is 8.46. The molecule has 2 rings (SSSR count). The summed E-state index contributed by atoms with van der Waals surface area (Å²) in [4.78, 5) is 2.23. The number of piperazine rings is 1. The predicted molar refractivity (Wildman–Crippen MR) is 77.9 cm³/mol. The fourth-order valence-electron chi connectivity index (χ4n) is 2.51. The maximum Gasteiger partial charge on any atom is 0.243 e. The van der Waals surface area contributed by atoms with Crippen molar-refractivity contribution < 1.29 is 17.9 Å². The number of likely N-dealkylation sites (N-methyl/N-ethyl adjacent to an activating group) is 1. The highest BCUT2D eigenvalue weighted by Gasteiger charge is 2.29. The lowest BCUT2D eigenvalue weighted by Gasteiger charge is -2.33. The fourth-order valence-corrected chi connectivity index (χ4v) is 4.06. The Morgan fingerprint density at radius 1 is 1.24 bits per heavy atom. The third-order valence-corrected chi connectivity index (χ3v) is 5.77. The summed E-state index contributed by atoms with van der Waals surface area (Å²) in [6, 6.07) is 2.56. The first kappa shape index (κ1) is 16.4. The molecule has 5 nitrogen and oxygen atoms in total. The molecule has 7 heteroatoms. The number of sulfonamides is 1. The maximum atomic E-state index is 13.7. The van der Waals surface area contributed by atoms with Gasteiger partial charge >= 0.3 is 0 Å². The van der Waals surface area contributed by atoms with Gasteiger partial charge in [0.1, 0.15) is 5.82 Å². The molecule has 118 valence electrons. The summed E-state index contributed by atoms with van der Waals surface area (Å²) in [6.45, 7) is 6.19. The first-order chi connectivity index (χ1) is 9.90. The predicted octanol–water partition coefficient (Wildman–Crippen LogP) is 0.953. The second-order valence-corrected chi connectivity index (χ2v) is 7.15. The monoisotopic (exact) mass is 316 g/mol. The topological polar surface area (TPSA) is 60.9 Å². The molecule has 1 fully saturated rings. The van der Waals surface area contributed by atoms with E-state index < -0.39 is 22.4 Å². The van der Waals surface area contributed by atoms with Gasteiger partial charge in [-0.3, -0.25) is 0 Å². The average molecular weight is 316 g/mol. The zero-order chi connectivity index (χ0) is 15.6. The lowest BCUT2D eigenvalue weighted by molar-refractivity contribution is 0.196. The van der Waals surface area contributed by atoms with Crippen molar-refractivity contribution in [1.82, 2.24) is 9.21 Å². The Morgan fingerprint density at radius 2 is 1.86 bits per heavy atom. The summed E-state index contributed by atoms with van der Waals surface area (Å²) in [5.41, 5.74) is 0.244. The van der Waals surface area contributed by atoms with Crippen LogP contribution >= 0.6 is 0 Å². The van der Waals surface area contributed by atoms with Gasteiger partial charge < -0.3 is 10.0 Å². The van der Waals surface area contributed by atoms with Gasteiger partial charge in [-0.2, -0.15) is 4.31 Å². The molecule has 0 aliphatic carbocycles. The second-order valence-electron chi connectivity index (χ2n) is 5.21. The Hall–Kier alpha value is -1.02. The molecule has 0 spiro atoms. The average Bonchev–Trinajstić information content (AvgIpc) is 2.49. The van der Waals surface area contributed by atoms with E-state index in [1.54, 1.807) is 0 Å². The highest BCUT2D eigenvalue weighted by molar-refractivity contribution is 7.89. The normalized spacial score (nSPS) is 18.1. The SMILES string of the molecule is CCN1CCN(S(=O)(=O)c2cc(C)c(F)c(CO)c2)CC1. The molecule has 0 amide bonds. The summed E-state index contributed by atoms with van der Waals surface area (Å²) in [6.07, 6.45) is 0. The number of aliphatic hydroxyl groups is 1. The van der Waals surface area contributed by atoms with Crippen molar-refractivity contribution >= 4 is 10.0 Å². The minimum atomic E-state index is -3.64. The van der Waals surface area contributed by atoms with E-state index in [-0.39, 0.29) is 16.0 Å². The highest BCUT2D eigenvalue weighted by Crippen LogP contribution is 2.23. The number of hydrogen-bond acceptors (Lipinski definition) is 4. The van der Waals surface area contributed by atoms with Gasteiger partial charge in [0.15, 0.2) is 0 Å². The van der Waals surface area contributed by atoms with E-state index in [1.807, 2.05) is 6.92 Å². The summed E-state index contributed by atoms with van der Waals surface area (Å²) in [7, 11) is -3.64. The lowest BCUT2D eigenvalue weighted by Crippen LogP contribution is -2.48. The standard InChI is InChI=1S/C14H21FN2O3S/c1-3-16-4-6-17(7-5-16)21(19,20)13-8-11(2)14(15)12(9-13)10-18/h8-9,18H,3-7,10H2,1-2H3. The summed E-state index contributed by atoms with van der Waals surface area (Å²) in [5, 5.41) is 9.15. The van der Waals surface area contributed by atoms with Gasteiger partial charge in [-0.05, 0) is 31.2 Å². The molecule has 21 heavy (non-hydrogen) atoms. The van der Waals surface area contributed by atoms with Crippen molar-refractivity contribution in [1.29, 1.82) is 0 Å². The largest absolute Gasteiger partial charge is 0.392 e. The van der Waals surface area contributed by atoms with Crippen LogP contribution in [0.3, 0.4) is 0 Å². The van der Waals surface area contributed by atoms with E-state index >= 15 is 0 Å². The highest BCUT2D eigenvalue weighted by atomic mass is 32.2. The minimum absolute atomic E-state index is 0.0146. The zero-order valence-electron chi connectivity index (χ0n) is 12.3. The molecule has 1 aliphatic rings. The molecule has 0 aromatic heterocycles. The van der Waals surface area contributed by atoms with Gasteiger partial charge in [-0.25, -0.2) is 12.8 Å². The molecule has 0 unspecified atom stereocenters. The van der Waals surface area contributed by atoms with Crippen molar-refractivity contribution in [2.75, 3.05) is 32.7 Å². The summed E-state index contributed by atoms with van der Waals surface area (Å²) in [5.74, 6) is -0.549. The van der Waals surface area contributed by atoms with Crippen LogP contribution in [0.2, 0.25) is 0 Å². The van der Waals surface area contributed by atoms with Gasteiger partial charge in [0.25, 0.3) is 0 Å².